The van der Waals surface area contributed by atoms with Crippen LogP contribution in [0.25, 0.3) is 11.2 Å². The van der Waals surface area contributed by atoms with Gasteiger partial charge < -0.3 is 19.8 Å². The molecule has 0 bridgehead atoms. The second-order valence-electron chi connectivity index (χ2n) is 5.35. The Balaban J connectivity index is 1.80. The predicted molar refractivity (Wildman–Crippen MR) is 99.8 cm³/mol. The van der Waals surface area contributed by atoms with Gasteiger partial charge in [0.2, 0.25) is 5.91 Å². The third kappa shape index (κ3) is 3.72. The zero-order valence-electron chi connectivity index (χ0n) is 14.6. The molecule has 1 aromatic carbocycles. The van der Waals surface area contributed by atoms with E-state index >= 15 is 0 Å². The van der Waals surface area contributed by atoms with Crippen LogP contribution in [0, 0.1) is 0 Å². The highest BCUT2D eigenvalue weighted by Gasteiger charge is 2.22. The molecule has 0 unspecified atom stereocenters. The Morgan fingerprint density at radius 3 is 2.85 bits per heavy atom. The van der Waals surface area contributed by atoms with E-state index in [9.17, 15) is 4.79 Å². The van der Waals surface area contributed by atoms with Crippen molar-refractivity contribution in [3.8, 4) is 11.5 Å². The van der Waals surface area contributed by atoms with E-state index < -0.39 is 0 Å². The molecule has 26 heavy (non-hydrogen) atoms. The van der Waals surface area contributed by atoms with E-state index in [0.29, 0.717) is 34.3 Å². The highest BCUT2D eigenvalue weighted by atomic mass is 32.2. The summed E-state index contributed by atoms with van der Waals surface area (Å²) in [6, 6.07) is 5.25. The number of carbonyl (C=O) groups excluding carboxylic acids is 1. The summed E-state index contributed by atoms with van der Waals surface area (Å²) in [5, 5.41) is 3.26. The van der Waals surface area contributed by atoms with Gasteiger partial charge in [0.15, 0.2) is 5.65 Å². The lowest BCUT2D eigenvalue weighted by Crippen LogP contribution is -2.25. The molecular formula is C17H19N5O3S. The van der Waals surface area contributed by atoms with Crippen LogP contribution >= 0.6 is 11.8 Å². The van der Waals surface area contributed by atoms with Crippen molar-refractivity contribution >= 4 is 34.5 Å². The van der Waals surface area contributed by atoms with E-state index in [4.69, 9.17) is 9.47 Å². The third-order valence-corrected chi connectivity index (χ3v) is 5.13. The number of fused-ring (bicyclic) bond motifs is 1. The zero-order valence-corrected chi connectivity index (χ0v) is 15.5. The Morgan fingerprint density at radius 2 is 2.12 bits per heavy atom. The fourth-order valence-electron chi connectivity index (χ4n) is 2.41. The molecule has 0 saturated carbocycles. The first-order chi connectivity index (χ1) is 12.7. The second-order valence-corrected chi connectivity index (χ2v) is 6.54. The van der Waals surface area contributed by atoms with Crippen molar-refractivity contribution in [2.45, 2.75) is 23.6 Å². The summed E-state index contributed by atoms with van der Waals surface area (Å²) in [6.45, 7) is 1.95. The molecule has 8 nitrogen and oxygen atoms in total. The van der Waals surface area contributed by atoms with Crippen molar-refractivity contribution in [3.05, 3.63) is 30.9 Å². The molecular weight excluding hydrogens is 354 g/mol. The highest BCUT2D eigenvalue weighted by Crippen LogP contribution is 2.32. The predicted octanol–water partition coefficient (Wildman–Crippen LogP) is 2.88. The average molecular weight is 373 g/mol. The molecule has 2 N–H and O–H groups in total. The monoisotopic (exact) mass is 373 g/mol. The molecule has 0 fully saturated rings. The minimum atomic E-state index is -0.340. The van der Waals surface area contributed by atoms with Gasteiger partial charge in [-0.3, -0.25) is 4.79 Å². The molecule has 0 aliphatic carbocycles. The van der Waals surface area contributed by atoms with Crippen LogP contribution in [0.15, 0.2) is 35.9 Å². The Kier molecular flexibility index (Phi) is 5.57. The van der Waals surface area contributed by atoms with Gasteiger partial charge in [-0.15, -0.1) is 0 Å². The van der Waals surface area contributed by atoms with Crippen molar-refractivity contribution in [2.75, 3.05) is 19.5 Å². The average Bonchev–Trinajstić information content (AvgIpc) is 3.15. The van der Waals surface area contributed by atoms with Gasteiger partial charge in [0.25, 0.3) is 0 Å². The topological polar surface area (TPSA) is 102 Å². The summed E-state index contributed by atoms with van der Waals surface area (Å²) in [6.07, 6.45) is 3.63. The van der Waals surface area contributed by atoms with Crippen LogP contribution in [0.4, 0.5) is 5.69 Å². The molecule has 3 aromatic rings. The van der Waals surface area contributed by atoms with Gasteiger partial charge >= 0.3 is 0 Å². The summed E-state index contributed by atoms with van der Waals surface area (Å²) in [7, 11) is 3.13. The van der Waals surface area contributed by atoms with Gasteiger partial charge in [-0.25, -0.2) is 15.0 Å². The molecule has 0 aliphatic rings. The molecule has 1 atom stereocenters. The zero-order chi connectivity index (χ0) is 18.5. The lowest BCUT2D eigenvalue weighted by molar-refractivity contribution is -0.115. The number of nitrogens with zero attached hydrogens (tertiary/aromatic N) is 3. The first-order valence-corrected chi connectivity index (χ1v) is 8.87. The Bertz CT molecular complexity index is 914. The third-order valence-electron chi connectivity index (χ3n) is 3.77. The van der Waals surface area contributed by atoms with Crippen molar-refractivity contribution < 1.29 is 14.3 Å². The molecule has 2 aromatic heterocycles. The Labute approximate surface area is 154 Å². The van der Waals surface area contributed by atoms with Crippen LogP contribution in [0.2, 0.25) is 0 Å². The first-order valence-electron chi connectivity index (χ1n) is 7.99. The Hall–Kier alpha value is -2.81. The Morgan fingerprint density at radius 1 is 1.27 bits per heavy atom. The largest absolute Gasteiger partial charge is 0.497 e. The highest BCUT2D eigenvalue weighted by molar-refractivity contribution is 8.00. The number of nitrogens with one attached hydrogen (secondary N) is 2. The SMILES string of the molecule is CC[C@@H](Sc1ncnc2nc[nH]c12)C(=O)Nc1cc(OC)ccc1OC. The number of imidazole rings is 1. The molecule has 9 heteroatoms. The maximum atomic E-state index is 12.8. The number of benzene rings is 1. The number of carbonyl (C=O) groups is 1. The van der Waals surface area contributed by atoms with Crippen LogP contribution in [0.5, 0.6) is 11.5 Å². The van der Waals surface area contributed by atoms with Gasteiger partial charge in [0, 0.05) is 6.07 Å². The van der Waals surface area contributed by atoms with Crippen molar-refractivity contribution in [1.82, 2.24) is 19.9 Å². The molecule has 0 aliphatic heterocycles. The van der Waals surface area contributed by atoms with Crippen LogP contribution in [-0.4, -0.2) is 45.3 Å². The van der Waals surface area contributed by atoms with E-state index in [1.165, 1.54) is 18.1 Å². The van der Waals surface area contributed by atoms with Crippen molar-refractivity contribution in [1.29, 1.82) is 0 Å². The standard InChI is InChI=1S/C17H19N5O3S/c1-4-13(26-17-14-15(19-8-18-14)20-9-21-17)16(23)22-11-7-10(24-2)5-6-12(11)25-3/h5-9,13H,4H2,1-3H3,(H,22,23)(H,18,19,20,21)/t13-/m1/s1. The normalized spacial score (nSPS) is 12.0. The number of hydrogen-bond donors (Lipinski definition) is 2. The van der Waals surface area contributed by atoms with Gasteiger partial charge in [-0.05, 0) is 18.6 Å². The van der Waals surface area contributed by atoms with E-state index in [0.717, 1.165) is 5.52 Å². The number of amides is 1. The van der Waals surface area contributed by atoms with Gasteiger partial charge in [-0.1, -0.05) is 18.7 Å². The molecule has 2 heterocycles. The van der Waals surface area contributed by atoms with Crippen LogP contribution in [0.3, 0.4) is 0 Å². The number of ether oxygens (including phenoxy) is 2. The maximum Gasteiger partial charge on any atom is 0.238 e. The number of hydrogen-bond acceptors (Lipinski definition) is 7. The minimum absolute atomic E-state index is 0.143. The number of aromatic amines is 1. The fraction of sp³-hybridized carbons (Fsp3) is 0.294. The van der Waals surface area contributed by atoms with E-state index in [1.54, 1.807) is 38.7 Å². The van der Waals surface area contributed by atoms with E-state index in [2.05, 4.69) is 25.3 Å². The van der Waals surface area contributed by atoms with Gasteiger partial charge in [-0.2, -0.15) is 0 Å². The summed E-state index contributed by atoms with van der Waals surface area (Å²) in [5.41, 5.74) is 1.86. The molecule has 136 valence electrons. The summed E-state index contributed by atoms with van der Waals surface area (Å²) >= 11 is 1.37. The molecule has 1 amide bonds. The van der Waals surface area contributed by atoms with Crippen molar-refractivity contribution in [2.24, 2.45) is 0 Å². The quantitative estimate of drug-likeness (QED) is 0.485. The van der Waals surface area contributed by atoms with Gasteiger partial charge in [0.05, 0.1) is 31.5 Å². The maximum absolute atomic E-state index is 12.8. The first kappa shape index (κ1) is 18.0. The fourth-order valence-corrected chi connectivity index (χ4v) is 3.39. The number of H-pyrrole nitrogens is 1. The molecule has 0 saturated heterocycles. The number of methoxy groups -OCH3 is 2. The summed E-state index contributed by atoms with van der Waals surface area (Å²) in [5.74, 6) is 1.06. The van der Waals surface area contributed by atoms with Crippen molar-refractivity contribution in [3.63, 3.8) is 0 Å². The van der Waals surface area contributed by atoms with Crippen LogP contribution in [0.1, 0.15) is 13.3 Å². The number of rotatable bonds is 7. The number of anilines is 1. The summed E-state index contributed by atoms with van der Waals surface area (Å²) in [4.78, 5) is 28.3. The minimum Gasteiger partial charge on any atom is -0.497 e. The van der Waals surface area contributed by atoms with Crippen LogP contribution < -0.4 is 14.8 Å². The number of thioether (sulfide) groups is 1. The molecule has 3 rings (SSSR count). The lowest BCUT2D eigenvalue weighted by Gasteiger charge is -2.16. The van der Waals surface area contributed by atoms with Crippen LogP contribution in [-0.2, 0) is 4.79 Å². The van der Waals surface area contributed by atoms with E-state index in [-0.39, 0.29) is 11.2 Å². The van der Waals surface area contributed by atoms with Gasteiger partial charge in [0.1, 0.15) is 28.4 Å². The summed E-state index contributed by atoms with van der Waals surface area (Å²) < 4.78 is 10.5. The molecule has 0 spiro atoms. The number of aromatic nitrogens is 4. The lowest BCUT2D eigenvalue weighted by atomic mass is 10.2. The smallest absolute Gasteiger partial charge is 0.238 e. The second kappa shape index (κ2) is 8.05. The van der Waals surface area contributed by atoms with E-state index in [1.807, 2.05) is 6.92 Å². The molecule has 0 radical (unpaired) electrons.